The van der Waals surface area contributed by atoms with E-state index >= 15 is 0 Å². The van der Waals surface area contributed by atoms with Crippen molar-refractivity contribution in [2.24, 2.45) is 0 Å². The maximum Gasteiger partial charge on any atom is 0.135 e. The van der Waals surface area contributed by atoms with Crippen molar-refractivity contribution in [1.29, 1.82) is 0 Å². The van der Waals surface area contributed by atoms with Crippen LogP contribution in [0.2, 0.25) is 10.0 Å². The second-order valence-corrected chi connectivity index (χ2v) is 7.32. The molecule has 136 valence electrons. The van der Waals surface area contributed by atoms with Crippen molar-refractivity contribution < 1.29 is 11.3 Å². The van der Waals surface area contributed by atoms with E-state index in [1.54, 1.807) is 6.07 Å². The molecule has 0 saturated heterocycles. The molecule has 4 aromatic carbocycles. The van der Waals surface area contributed by atoms with Crippen LogP contribution in [-0.2, 0) is 6.42 Å². The van der Waals surface area contributed by atoms with Gasteiger partial charge in [-0.1, -0.05) is 77.7 Å². The average molecular weight is 408 g/mol. The van der Waals surface area contributed by atoms with Crippen molar-refractivity contribution in [3.63, 3.8) is 0 Å². The van der Waals surface area contributed by atoms with E-state index in [2.05, 4.69) is 0 Å². The fourth-order valence-electron chi connectivity index (χ4n) is 3.42. The zero-order valence-electron chi connectivity index (χ0n) is 19.6. The number of rotatable bonds is 3. The van der Waals surface area contributed by atoms with Gasteiger partial charge in [0.2, 0.25) is 0 Å². The maximum atomic E-state index is 8.28. The van der Waals surface area contributed by atoms with Crippen molar-refractivity contribution in [2.75, 3.05) is 0 Å². The summed E-state index contributed by atoms with van der Waals surface area (Å²) in [6.07, 6.45) is 0.445. The number of para-hydroxylation sites is 1. The number of furan rings is 1. The summed E-state index contributed by atoms with van der Waals surface area (Å²) in [6, 6.07) is 15.2. The van der Waals surface area contributed by atoms with Crippen LogP contribution in [0.15, 0.2) is 89.2 Å². The standard InChI is InChI=1S/C25H16Cl2O/c26-22-15-18(17-6-2-1-3-7-17)14-19(25(22)27)12-16-10-11-24-21(13-16)20-8-4-5-9-23(20)28-24/h1-11,13-15H,12H2/i1D,2D,3D,6D,7D. The minimum atomic E-state index is -0.435. The van der Waals surface area contributed by atoms with Crippen LogP contribution in [-0.4, -0.2) is 0 Å². The zero-order chi connectivity index (χ0) is 23.4. The molecule has 0 amide bonds. The van der Waals surface area contributed by atoms with Gasteiger partial charge in [-0.2, -0.15) is 0 Å². The predicted octanol–water partition coefficient (Wildman–Crippen LogP) is 8.15. The van der Waals surface area contributed by atoms with E-state index in [9.17, 15) is 0 Å². The molecular weight excluding hydrogens is 387 g/mol. The summed E-state index contributed by atoms with van der Waals surface area (Å²) in [5.74, 6) is 0. The van der Waals surface area contributed by atoms with Gasteiger partial charge in [-0.15, -0.1) is 0 Å². The van der Waals surface area contributed by atoms with Crippen molar-refractivity contribution in [2.45, 2.75) is 6.42 Å². The third kappa shape index (κ3) is 3.07. The van der Waals surface area contributed by atoms with Crippen LogP contribution in [0, 0.1) is 0 Å². The van der Waals surface area contributed by atoms with Gasteiger partial charge in [-0.05, 0) is 59.0 Å². The lowest BCUT2D eigenvalue weighted by atomic mass is 9.98. The molecular formula is C25H16Cl2O. The lowest BCUT2D eigenvalue weighted by Gasteiger charge is -2.11. The van der Waals surface area contributed by atoms with Crippen LogP contribution in [0.4, 0.5) is 0 Å². The normalized spacial score (nSPS) is 13.9. The van der Waals surface area contributed by atoms with E-state index in [1.165, 1.54) is 6.07 Å². The molecule has 1 nitrogen and oxygen atoms in total. The molecule has 0 spiro atoms. The maximum absolute atomic E-state index is 8.28. The van der Waals surface area contributed by atoms with E-state index in [1.807, 2.05) is 42.5 Å². The highest BCUT2D eigenvalue weighted by Gasteiger charge is 2.12. The van der Waals surface area contributed by atoms with Crippen LogP contribution in [0.25, 0.3) is 33.1 Å². The van der Waals surface area contributed by atoms with Gasteiger partial charge in [-0.3, -0.25) is 0 Å². The Kier molecular flexibility index (Phi) is 3.17. The van der Waals surface area contributed by atoms with Gasteiger partial charge in [0.15, 0.2) is 0 Å². The first-order valence-corrected chi connectivity index (χ1v) is 9.47. The first kappa shape index (κ1) is 12.7. The molecule has 0 aliphatic carbocycles. The van der Waals surface area contributed by atoms with Crippen molar-refractivity contribution in [3.05, 3.63) is 106 Å². The summed E-state index contributed by atoms with van der Waals surface area (Å²) < 4.78 is 46.2. The molecule has 0 bridgehead atoms. The van der Waals surface area contributed by atoms with Crippen LogP contribution < -0.4 is 0 Å². The minimum Gasteiger partial charge on any atom is -0.456 e. The number of hydrogen-bond acceptors (Lipinski definition) is 1. The molecule has 0 unspecified atom stereocenters. The van der Waals surface area contributed by atoms with Crippen molar-refractivity contribution >= 4 is 45.1 Å². The van der Waals surface area contributed by atoms with E-state index in [-0.39, 0.29) is 22.7 Å². The molecule has 0 fully saturated rings. The van der Waals surface area contributed by atoms with Gasteiger partial charge in [0.05, 0.1) is 16.9 Å². The minimum absolute atomic E-state index is 0.0945. The molecule has 0 N–H and O–H groups in total. The molecule has 0 aliphatic heterocycles. The molecule has 0 atom stereocenters. The molecule has 0 aliphatic rings. The highest BCUT2D eigenvalue weighted by Crippen LogP contribution is 2.35. The Morgan fingerprint density at radius 2 is 1.57 bits per heavy atom. The molecule has 3 heteroatoms. The van der Waals surface area contributed by atoms with Gasteiger partial charge in [-0.25, -0.2) is 0 Å². The van der Waals surface area contributed by atoms with Gasteiger partial charge >= 0.3 is 0 Å². The smallest absolute Gasteiger partial charge is 0.135 e. The molecule has 0 radical (unpaired) electrons. The Morgan fingerprint density at radius 3 is 2.43 bits per heavy atom. The molecule has 5 rings (SSSR count). The van der Waals surface area contributed by atoms with Gasteiger partial charge in [0, 0.05) is 10.8 Å². The Morgan fingerprint density at radius 1 is 0.786 bits per heavy atom. The highest BCUT2D eigenvalue weighted by atomic mass is 35.5. The zero-order valence-corrected chi connectivity index (χ0v) is 16.1. The molecule has 1 heterocycles. The highest BCUT2D eigenvalue weighted by molar-refractivity contribution is 6.42. The van der Waals surface area contributed by atoms with Crippen LogP contribution in [0.5, 0.6) is 0 Å². The monoisotopic (exact) mass is 407 g/mol. The summed E-state index contributed by atoms with van der Waals surface area (Å²) in [5, 5.41) is 2.63. The topological polar surface area (TPSA) is 13.1 Å². The quantitative estimate of drug-likeness (QED) is 0.294. The van der Waals surface area contributed by atoms with E-state index in [0.29, 0.717) is 22.6 Å². The molecule has 5 aromatic rings. The average Bonchev–Trinajstić information content (AvgIpc) is 3.18. The summed E-state index contributed by atoms with van der Waals surface area (Å²) in [6.45, 7) is 0. The summed E-state index contributed by atoms with van der Waals surface area (Å²) in [7, 11) is 0. The third-order valence-corrected chi connectivity index (χ3v) is 5.57. The molecule has 0 saturated carbocycles. The Balaban J connectivity index is 1.63. The molecule has 28 heavy (non-hydrogen) atoms. The summed E-state index contributed by atoms with van der Waals surface area (Å²) in [5.41, 5.74) is 3.79. The van der Waals surface area contributed by atoms with Crippen LogP contribution in [0.3, 0.4) is 0 Å². The van der Waals surface area contributed by atoms with Crippen molar-refractivity contribution in [3.8, 4) is 11.1 Å². The van der Waals surface area contributed by atoms with Gasteiger partial charge in [0.1, 0.15) is 11.2 Å². The van der Waals surface area contributed by atoms with Crippen LogP contribution >= 0.6 is 23.2 Å². The fraction of sp³-hybridized carbons (Fsp3) is 0.0400. The van der Waals surface area contributed by atoms with E-state index < -0.39 is 18.1 Å². The number of fused-ring (bicyclic) bond motifs is 3. The largest absolute Gasteiger partial charge is 0.456 e. The van der Waals surface area contributed by atoms with E-state index in [0.717, 1.165) is 27.5 Å². The number of halogens is 2. The van der Waals surface area contributed by atoms with Gasteiger partial charge < -0.3 is 4.42 Å². The summed E-state index contributed by atoms with van der Waals surface area (Å²) >= 11 is 12.9. The van der Waals surface area contributed by atoms with Crippen molar-refractivity contribution in [1.82, 2.24) is 0 Å². The van der Waals surface area contributed by atoms with Gasteiger partial charge in [0.25, 0.3) is 0 Å². The fourth-order valence-corrected chi connectivity index (χ4v) is 3.83. The van der Waals surface area contributed by atoms with Crippen LogP contribution in [0.1, 0.15) is 18.0 Å². The number of hydrogen-bond donors (Lipinski definition) is 0. The molecule has 1 aromatic heterocycles. The Bertz CT molecular complexity index is 1550. The lowest BCUT2D eigenvalue weighted by molar-refractivity contribution is 0.669. The number of benzene rings is 4. The third-order valence-electron chi connectivity index (χ3n) is 4.73. The second-order valence-electron chi connectivity index (χ2n) is 6.54. The Labute approximate surface area is 180 Å². The second kappa shape index (κ2) is 7.01. The van der Waals surface area contributed by atoms with E-state index in [4.69, 9.17) is 34.5 Å². The SMILES string of the molecule is [2H]c1c([2H])c([2H])c(-c2cc(Cl)c(Cl)c(Cc3ccc4oc5ccccc5c4c3)c2)c([2H])c1[2H]. The predicted molar refractivity (Wildman–Crippen MR) is 118 cm³/mol. The Hall–Kier alpha value is -2.74. The first-order valence-electron chi connectivity index (χ1n) is 11.2. The first-order chi connectivity index (χ1) is 15.8. The summed E-state index contributed by atoms with van der Waals surface area (Å²) in [4.78, 5) is 0. The lowest BCUT2D eigenvalue weighted by Crippen LogP contribution is -1.92.